The van der Waals surface area contributed by atoms with Gasteiger partial charge in [0, 0.05) is 38.0 Å². The maximum absolute atomic E-state index is 12.9. The van der Waals surface area contributed by atoms with E-state index in [1.54, 1.807) is 12.2 Å². The number of carbonyl (C=O) groups is 2. The van der Waals surface area contributed by atoms with Crippen molar-refractivity contribution < 1.29 is 66.5 Å². The Labute approximate surface area is 366 Å². The molecule has 1 aliphatic rings. The van der Waals surface area contributed by atoms with Crippen molar-refractivity contribution in [3.05, 3.63) is 47.0 Å². The molecule has 2 unspecified atom stereocenters. The molecule has 0 aliphatic carbocycles. The van der Waals surface area contributed by atoms with Crippen molar-refractivity contribution in [3.8, 4) is 0 Å². The zero-order valence-corrected chi connectivity index (χ0v) is 39.3. The number of hydrogen-bond donors (Lipinski definition) is 4. The summed E-state index contributed by atoms with van der Waals surface area (Å²) in [5, 5.41) is 31.1. The number of carbonyl (C=O) groups excluding carboxylic acids is 2. The minimum Gasteiger partial charge on any atom is -0.466 e. The summed E-state index contributed by atoms with van der Waals surface area (Å²) in [7, 11) is 1.28. The van der Waals surface area contributed by atoms with Gasteiger partial charge in [-0.1, -0.05) is 83.1 Å². The van der Waals surface area contributed by atoms with Gasteiger partial charge in [0.1, 0.15) is 31.3 Å². The van der Waals surface area contributed by atoms with Gasteiger partial charge in [-0.3, -0.25) is 18.6 Å². The van der Waals surface area contributed by atoms with Gasteiger partial charge < -0.3 is 43.3 Å². The van der Waals surface area contributed by atoms with Crippen LogP contribution in [0.4, 0.5) is 0 Å². The van der Waals surface area contributed by atoms with Crippen LogP contribution in [0.15, 0.2) is 28.7 Å². The van der Waals surface area contributed by atoms with E-state index in [2.05, 4.69) is 27.7 Å². The van der Waals surface area contributed by atoms with E-state index in [0.29, 0.717) is 43.1 Å². The molecule has 1 saturated heterocycles. The normalized spacial score (nSPS) is 20.6. The zero-order valence-electron chi connectivity index (χ0n) is 38.4. The first-order valence-corrected chi connectivity index (χ1v) is 24.3. The monoisotopic (exact) mass is 887 g/mol. The van der Waals surface area contributed by atoms with Crippen LogP contribution in [0.3, 0.4) is 0 Å². The third kappa shape index (κ3) is 24.3. The molecule has 0 bridgehead atoms. The average molecular weight is 887 g/mol. The predicted molar refractivity (Wildman–Crippen MR) is 236 cm³/mol. The fourth-order valence-electron chi connectivity index (χ4n) is 7.04. The summed E-state index contributed by atoms with van der Waals surface area (Å²) in [6.45, 7) is 8.13. The summed E-state index contributed by atoms with van der Waals surface area (Å²) in [5.74, 6) is 0.855. The van der Waals surface area contributed by atoms with Crippen LogP contribution in [0.1, 0.15) is 146 Å². The fraction of sp³-hybridized carbons (Fsp3) is 0.783. The van der Waals surface area contributed by atoms with Gasteiger partial charge in [-0.05, 0) is 69.9 Å². The van der Waals surface area contributed by atoms with Crippen molar-refractivity contribution in [2.75, 3.05) is 47.5 Å². The molecule has 4 N–H and O–H groups in total. The summed E-state index contributed by atoms with van der Waals surface area (Å²) in [5.41, 5.74) is 2.54. The molecule has 0 spiro atoms. The third-order valence-corrected chi connectivity index (χ3v) is 11.9. The summed E-state index contributed by atoms with van der Waals surface area (Å²) in [6, 6.07) is 0. The van der Waals surface area contributed by atoms with E-state index >= 15 is 0 Å². The van der Waals surface area contributed by atoms with E-state index in [9.17, 15) is 34.4 Å². The van der Waals surface area contributed by atoms with Gasteiger partial charge in [-0.25, -0.2) is 4.57 Å². The Morgan fingerprint density at radius 2 is 1.52 bits per heavy atom. The molecule has 1 aromatic rings. The molecule has 0 radical (unpaired) electrons. The molecule has 352 valence electrons. The van der Waals surface area contributed by atoms with E-state index in [0.717, 1.165) is 82.1 Å². The van der Waals surface area contributed by atoms with Crippen molar-refractivity contribution >= 4 is 19.8 Å². The number of esters is 2. The number of phosphoric acid groups is 1. The number of rotatable bonds is 33. The second-order valence-electron chi connectivity index (χ2n) is 17.5. The first kappa shape index (κ1) is 54.7. The largest absolute Gasteiger partial charge is 0.472 e. The second-order valence-corrected chi connectivity index (χ2v) is 19.0. The zero-order chi connectivity index (χ0) is 45.3. The molecule has 15 heteroatoms. The minimum absolute atomic E-state index is 0.0260. The second kappa shape index (κ2) is 29.9. The Hall–Kier alpha value is -2.39. The number of unbranched alkanes of at least 4 members (excludes halogenated alkanes) is 8. The number of aryl methyl sites for hydroxylation is 2. The number of nitrogens with zero attached hydrogens (tertiary/aromatic N) is 1. The lowest BCUT2D eigenvalue weighted by Crippen LogP contribution is -2.43. The van der Waals surface area contributed by atoms with Crippen molar-refractivity contribution in [1.82, 2.24) is 0 Å². The third-order valence-electron chi connectivity index (χ3n) is 11.0. The van der Waals surface area contributed by atoms with Gasteiger partial charge in [0.2, 0.25) is 0 Å². The lowest BCUT2D eigenvalue weighted by atomic mass is 9.87. The molecule has 7 atom stereocenters. The molecule has 2 heterocycles. The molecule has 0 saturated carbocycles. The summed E-state index contributed by atoms with van der Waals surface area (Å²) < 4.78 is 46.1. The molecular formula is C46H81NO13P+. The molecule has 2 rings (SSSR count). The quantitative estimate of drug-likeness (QED) is 0.0174. The average Bonchev–Trinajstić information content (AvgIpc) is 3.45. The SMILES string of the molecule is CCCCC[C@H](O)/C=C/[C@H]1OC(O)C[C@H](O)[C@@H]1C/C=C\CCCC(=O)O[C@H](COC(=O)CCCCCCCCc1oc(CCC)c(C)c1C)COP(=O)(O)OCC[N+](C)(C)C. The number of aliphatic hydroxyl groups is 3. The number of hydrogen-bond acceptors (Lipinski definition) is 12. The van der Waals surface area contributed by atoms with E-state index < -0.39 is 57.1 Å². The molecule has 0 amide bonds. The first-order valence-electron chi connectivity index (χ1n) is 22.8. The summed E-state index contributed by atoms with van der Waals surface area (Å²) >= 11 is 0. The van der Waals surface area contributed by atoms with Crippen LogP contribution in [-0.4, -0.2) is 115 Å². The van der Waals surface area contributed by atoms with Crippen LogP contribution in [0, 0.1) is 19.8 Å². The minimum atomic E-state index is -4.47. The molecule has 1 aromatic heterocycles. The Kier molecular flexibility index (Phi) is 26.8. The van der Waals surface area contributed by atoms with E-state index in [1.165, 1.54) is 11.1 Å². The molecule has 1 aliphatic heterocycles. The van der Waals surface area contributed by atoms with Crippen LogP contribution in [0.25, 0.3) is 0 Å². The molecule has 1 fully saturated rings. The van der Waals surface area contributed by atoms with Gasteiger partial charge in [-0.15, -0.1) is 0 Å². The van der Waals surface area contributed by atoms with E-state index in [4.69, 9.17) is 27.7 Å². The van der Waals surface area contributed by atoms with Crippen molar-refractivity contribution in [2.45, 2.75) is 180 Å². The lowest BCUT2D eigenvalue weighted by Gasteiger charge is -2.36. The number of furan rings is 1. The van der Waals surface area contributed by atoms with Crippen LogP contribution in [0.2, 0.25) is 0 Å². The highest BCUT2D eigenvalue weighted by Gasteiger charge is 2.35. The van der Waals surface area contributed by atoms with Gasteiger partial charge in [0.15, 0.2) is 12.4 Å². The van der Waals surface area contributed by atoms with Crippen LogP contribution in [-0.2, 0) is 50.3 Å². The van der Waals surface area contributed by atoms with E-state index in [-0.39, 0.29) is 38.4 Å². The summed E-state index contributed by atoms with van der Waals surface area (Å²) in [4.78, 5) is 35.7. The van der Waals surface area contributed by atoms with Crippen LogP contribution in [0.5, 0.6) is 0 Å². The van der Waals surface area contributed by atoms with Crippen LogP contribution < -0.4 is 0 Å². The highest BCUT2D eigenvalue weighted by atomic mass is 31.2. The predicted octanol–water partition coefficient (Wildman–Crippen LogP) is 8.12. The lowest BCUT2D eigenvalue weighted by molar-refractivity contribution is -0.870. The number of ether oxygens (including phenoxy) is 3. The van der Waals surface area contributed by atoms with Gasteiger partial charge in [-0.2, -0.15) is 0 Å². The Morgan fingerprint density at radius 1 is 0.852 bits per heavy atom. The molecule has 61 heavy (non-hydrogen) atoms. The maximum atomic E-state index is 12.9. The Morgan fingerprint density at radius 3 is 2.21 bits per heavy atom. The fourth-order valence-corrected chi connectivity index (χ4v) is 7.78. The van der Waals surface area contributed by atoms with Crippen molar-refractivity contribution in [2.24, 2.45) is 5.92 Å². The van der Waals surface area contributed by atoms with Gasteiger partial charge >= 0.3 is 19.8 Å². The van der Waals surface area contributed by atoms with E-state index in [1.807, 2.05) is 33.3 Å². The highest BCUT2D eigenvalue weighted by Crippen LogP contribution is 2.43. The number of aliphatic hydroxyl groups excluding tert-OH is 3. The molecular weight excluding hydrogens is 805 g/mol. The maximum Gasteiger partial charge on any atom is 0.472 e. The Balaban J connectivity index is 1.80. The van der Waals surface area contributed by atoms with Crippen molar-refractivity contribution in [1.29, 1.82) is 0 Å². The summed E-state index contributed by atoms with van der Waals surface area (Å²) in [6.07, 6.45) is 17.1. The topological polar surface area (TPSA) is 191 Å². The molecule has 14 nitrogen and oxygen atoms in total. The number of allylic oxidation sites excluding steroid dienone is 2. The van der Waals surface area contributed by atoms with Gasteiger partial charge in [0.25, 0.3) is 0 Å². The van der Waals surface area contributed by atoms with Crippen molar-refractivity contribution in [3.63, 3.8) is 0 Å². The highest BCUT2D eigenvalue weighted by molar-refractivity contribution is 7.47. The first-order chi connectivity index (χ1) is 28.9. The van der Waals surface area contributed by atoms with Gasteiger partial charge in [0.05, 0.1) is 46.1 Å². The molecule has 0 aromatic carbocycles. The Bertz CT molecular complexity index is 1490. The number of quaternary nitrogens is 1. The number of likely N-dealkylation sites (N-methyl/N-ethyl adjacent to an activating group) is 1. The smallest absolute Gasteiger partial charge is 0.466 e. The van der Waals surface area contributed by atoms with Crippen LogP contribution >= 0.6 is 7.82 Å². The standard InChI is InChI=1S/C46H80NO13P/c1-8-10-17-23-37(48)28-29-43-39(40(49)32-46(52)60-43)24-18-15-16-21-27-45(51)58-38(34-57-61(53,54)56-31-30-47(5,6)7)33-55-44(50)26-20-14-12-11-13-19-25-42-36(4)35(3)41(59-42)22-9-2/h15,18,28-29,37-40,43,46,48-49,52H,8-14,16-17,19-27,30-34H2,1-7H3/p+1/b18-15-,29-28+/t37-,38+,39-,40-,43+,46?/m0/s1. The number of phosphoric ester groups is 1.